The summed E-state index contributed by atoms with van der Waals surface area (Å²) in [7, 11) is 0. The maximum Gasteiger partial charge on any atom is 0.142 e. The van der Waals surface area contributed by atoms with E-state index in [0.717, 1.165) is 18.2 Å². The minimum Gasteiger partial charge on any atom is -0.206 e. The van der Waals surface area contributed by atoms with Crippen molar-refractivity contribution in [2.45, 2.75) is 6.92 Å². The molecule has 0 N–H and O–H groups in total. The summed E-state index contributed by atoms with van der Waals surface area (Å²) in [5.41, 5.74) is -0.0296. The number of hydrogen-bond acceptors (Lipinski definition) is 0. The molecule has 0 saturated carbocycles. The van der Waals surface area contributed by atoms with Crippen LogP contribution in [0.4, 0.5) is 13.2 Å². The van der Waals surface area contributed by atoms with E-state index in [1.807, 2.05) is 0 Å². The van der Waals surface area contributed by atoms with Crippen LogP contribution in [0, 0.1) is 30.4 Å². The van der Waals surface area contributed by atoms with E-state index in [0.29, 0.717) is 5.56 Å². The van der Waals surface area contributed by atoms with Gasteiger partial charge in [0, 0.05) is 5.56 Å². The Hall–Kier alpha value is -1.48. The molecule has 0 unspecified atom stereocenters. The third kappa shape index (κ3) is 2.15. The average Bonchev–Trinajstić information content (AvgIpc) is 2.23. The van der Waals surface area contributed by atoms with Crippen LogP contribution < -0.4 is 0 Å². The van der Waals surface area contributed by atoms with Gasteiger partial charge in [0.05, 0.1) is 10.6 Å². The topological polar surface area (TPSA) is 0 Å². The maximum atomic E-state index is 13.7. The molecular weight excluding hydrogens is 249 g/mol. The van der Waals surface area contributed by atoms with Crippen molar-refractivity contribution < 1.29 is 13.2 Å². The highest BCUT2D eigenvalue weighted by Crippen LogP contribution is 2.33. The number of benzene rings is 2. The first-order valence-corrected chi connectivity index (χ1v) is 5.20. The molecule has 0 nitrogen and oxygen atoms in total. The molecule has 0 aliphatic heterocycles. The Labute approximate surface area is 102 Å². The Bertz CT molecular complexity index is 556. The van der Waals surface area contributed by atoms with Gasteiger partial charge in [-0.1, -0.05) is 17.7 Å². The first-order valence-electron chi connectivity index (χ1n) is 4.82. The van der Waals surface area contributed by atoms with Gasteiger partial charge in [0.15, 0.2) is 0 Å². The second-order valence-electron chi connectivity index (χ2n) is 3.62. The van der Waals surface area contributed by atoms with Crippen molar-refractivity contribution in [3.8, 4) is 11.1 Å². The van der Waals surface area contributed by atoms with E-state index in [-0.39, 0.29) is 16.1 Å². The highest BCUT2D eigenvalue weighted by molar-refractivity contribution is 6.33. The molecule has 0 bridgehead atoms. The summed E-state index contributed by atoms with van der Waals surface area (Å²) in [5, 5.41) is -0.339. The van der Waals surface area contributed by atoms with Crippen molar-refractivity contribution in [2.75, 3.05) is 0 Å². The first kappa shape index (κ1) is 12.0. The fourth-order valence-electron chi connectivity index (χ4n) is 1.57. The van der Waals surface area contributed by atoms with E-state index in [1.54, 1.807) is 6.92 Å². The van der Waals surface area contributed by atoms with Crippen molar-refractivity contribution in [1.82, 2.24) is 0 Å². The molecule has 2 aromatic rings. The van der Waals surface area contributed by atoms with Gasteiger partial charge >= 0.3 is 0 Å². The number of halogens is 4. The molecule has 0 spiro atoms. The van der Waals surface area contributed by atoms with E-state index in [4.69, 9.17) is 11.6 Å². The van der Waals surface area contributed by atoms with Gasteiger partial charge < -0.3 is 0 Å². The van der Waals surface area contributed by atoms with E-state index < -0.39 is 17.5 Å². The molecule has 87 valence electrons. The van der Waals surface area contributed by atoms with Crippen molar-refractivity contribution in [2.24, 2.45) is 0 Å². The summed E-state index contributed by atoms with van der Waals surface area (Å²) < 4.78 is 40.5. The van der Waals surface area contributed by atoms with Crippen LogP contribution in [0.15, 0.2) is 24.3 Å². The fourth-order valence-corrected chi connectivity index (χ4v) is 1.79. The predicted molar refractivity (Wildman–Crippen MR) is 60.3 cm³/mol. The van der Waals surface area contributed by atoms with Crippen LogP contribution in [0.3, 0.4) is 0 Å². The SMILES string of the molecule is Cc1cc(F)c(-c2[c]ccc(F)c2Cl)c(F)c1. The number of aryl methyl sites for hydroxylation is 1. The minimum atomic E-state index is -0.786. The molecule has 0 amide bonds. The van der Waals surface area contributed by atoms with Gasteiger partial charge in [-0.15, -0.1) is 0 Å². The van der Waals surface area contributed by atoms with Crippen LogP contribution in [0.5, 0.6) is 0 Å². The van der Waals surface area contributed by atoms with Gasteiger partial charge in [0.1, 0.15) is 17.5 Å². The molecule has 0 aliphatic carbocycles. The van der Waals surface area contributed by atoms with Crippen molar-refractivity contribution in [1.29, 1.82) is 0 Å². The van der Waals surface area contributed by atoms with Crippen molar-refractivity contribution in [3.05, 3.63) is 58.4 Å². The largest absolute Gasteiger partial charge is 0.206 e. The molecule has 2 aromatic carbocycles. The Morgan fingerprint density at radius 1 is 1.06 bits per heavy atom. The van der Waals surface area contributed by atoms with E-state index in [2.05, 4.69) is 6.07 Å². The Kier molecular flexibility index (Phi) is 3.11. The molecule has 4 heteroatoms. The molecule has 0 aliphatic rings. The third-order valence-corrected chi connectivity index (χ3v) is 2.69. The highest BCUT2D eigenvalue weighted by Gasteiger charge is 2.17. The smallest absolute Gasteiger partial charge is 0.142 e. The van der Waals surface area contributed by atoms with Crippen LogP contribution >= 0.6 is 11.6 Å². The fraction of sp³-hybridized carbons (Fsp3) is 0.0769. The summed E-state index contributed by atoms with van der Waals surface area (Å²) in [4.78, 5) is 0. The van der Waals surface area contributed by atoms with Crippen LogP contribution in [-0.2, 0) is 0 Å². The molecule has 0 saturated heterocycles. The normalized spacial score (nSPS) is 10.6. The number of rotatable bonds is 1. The first-order chi connectivity index (χ1) is 8.00. The van der Waals surface area contributed by atoms with E-state index >= 15 is 0 Å². The van der Waals surface area contributed by atoms with Gasteiger partial charge in [-0.05, 0) is 36.8 Å². The van der Waals surface area contributed by atoms with Gasteiger partial charge in [-0.3, -0.25) is 0 Å². The minimum absolute atomic E-state index is 0.110. The molecule has 0 heterocycles. The van der Waals surface area contributed by atoms with Crippen LogP contribution in [0.1, 0.15) is 5.56 Å². The van der Waals surface area contributed by atoms with E-state index in [1.165, 1.54) is 6.07 Å². The molecule has 1 radical (unpaired) electrons. The Balaban J connectivity index is 2.73. The predicted octanol–water partition coefficient (Wildman–Crippen LogP) is 4.53. The Morgan fingerprint density at radius 3 is 2.24 bits per heavy atom. The van der Waals surface area contributed by atoms with E-state index in [9.17, 15) is 13.2 Å². The second kappa shape index (κ2) is 4.41. The van der Waals surface area contributed by atoms with Gasteiger partial charge in [-0.2, -0.15) is 0 Å². The zero-order valence-electron chi connectivity index (χ0n) is 8.82. The Morgan fingerprint density at radius 2 is 1.65 bits per heavy atom. The summed E-state index contributed by atoms with van der Waals surface area (Å²) >= 11 is 5.67. The number of hydrogen-bond donors (Lipinski definition) is 0. The molecule has 0 fully saturated rings. The van der Waals surface area contributed by atoms with Gasteiger partial charge in [-0.25, -0.2) is 13.2 Å². The molecule has 2 rings (SSSR count). The zero-order valence-corrected chi connectivity index (χ0v) is 9.58. The summed E-state index contributed by atoms with van der Waals surface area (Å²) in [6.45, 7) is 1.56. The lowest BCUT2D eigenvalue weighted by Gasteiger charge is -2.08. The van der Waals surface area contributed by atoms with Gasteiger partial charge in [0.25, 0.3) is 0 Å². The van der Waals surface area contributed by atoms with Crippen LogP contribution in [-0.4, -0.2) is 0 Å². The second-order valence-corrected chi connectivity index (χ2v) is 4.00. The van der Waals surface area contributed by atoms with Crippen LogP contribution in [0.2, 0.25) is 5.02 Å². The van der Waals surface area contributed by atoms with Gasteiger partial charge in [0.2, 0.25) is 0 Å². The molecule has 0 aromatic heterocycles. The van der Waals surface area contributed by atoms with Crippen molar-refractivity contribution >= 4 is 11.6 Å². The summed E-state index contributed by atoms with van der Waals surface area (Å²) in [6.07, 6.45) is 0. The summed E-state index contributed by atoms with van der Waals surface area (Å²) in [5.74, 6) is -2.31. The molecule has 0 atom stereocenters. The molecule has 17 heavy (non-hydrogen) atoms. The summed E-state index contributed by atoms with van der Waals surface area (Å²) in [6, 6.07) is 7.17. The zero-order chi connectivity index (χ0) is 12.6. The average molecular weight is 256 g/mol. The maximum absolute atomic E-state index is 13.7. The quantitative estimate of drug-likeness (QED) is 0.702. The lowest BCUT2D eigenvalue weighted by atomic mass is 10.0. The van der Waals surface area contributed by atoms with Crippen molar-refractivity contribution in [3.63, 3.8) is 0 Å². The lowest BCUT2D eigenvalue weighted by Crippen LogP contribution is -1.94. The standard InChI is InChI=1S/C13H7ClF3/c1-7-5-10(16)12(11(17)6-7)8-3-2-4-9(15)13(8)14/h2,4-6H,1H3. The third-order valence-electron chi connectivity index (χ3n) is 2.32. The lowest BCUT2D eigenvalue weighted by molar-refractivity contribution is 0.587. The highest BCUT2D eigenvalue weighted by atomic mass is 35.5. The monoisotopic (exact) mass is 255 g/mol. The van der Waals surface area contributed by atoms with Crippen LogP contribution in [0.25, 0.3) is 11.1 Å². The molecular formula is C13H7ClF3.